The number of aryl methyl sites for hydroxylation is 1. The normalized spacial score (nSPS) is 23.1. The second-order valence-electron chi connectivity index (χ2n) is 11.9. The van der Waals surface area contributed by atoms with Crippen molar-refractivity contribution in [3.63, 3.8) is 0 Å². The molecule has 1 heterocycles. The third kappa shape index (κ3) is 5.86. The van der Waals surface area contributed by atoms with Crippen LogP contribution in [0.25, 0.3) is 0 Å². The first-order valence-corrected chi connectivity index (χ1v) is 15.2. The number of amides is 1. The third-order valence-electron chi connectivity index (χ3n) is 9.37. The Hall–Kier alpha value is -3.16. The van der Waals surface area contributed by atoms with E-state index in [1.54, 1.807) is 0 Å². The number of hydrogen-bond donors (Lipinski definition) is 1. The summed E-state index contributed by atoms with van der Waals surface area (Å²) in [5.41, 5.74) is 4.92. The lowest BCUT2D eigenvalue weighted by Gasteiger charge is -2.32. The molecule has 0 radical (unpaired) electrons. The van der Waals surface area contributed by atoms with Gasteiger partial charge in [-0.3, -0.25) is 4.79 Å². The summed E-state index contributed by atoms with van der Waals surface area (Å²) >= 11 is 5.83. The summed E-state index contributed by atoms with van der Waals surface area (Å²) in [5, 5.41) is 3.16. The largest absolute Gasteiger partial charge is 0.490 e. The van der Waals surface area contributed by atoms with Gasteiger partial charge in [-0.05, 0) is 110 Å². The average Bonchev–Trinajstić information content (AvgIpc) is 3.61. The Morgan fingerprint density at radius 1 is 0.976 bits per heavy atom. The summed E-state index contributed by atoms with van der Waals surface area (Å²) in [6.45, 7) is 6.95. The molecule has 5 nitrogen and oxygen atoms in total. The van der Waals surface area contributed by atoms with Crippen LogP contribution in [0, 0.1) is 43.2 Å². The molecule has 0 aromatic heterocycles. The molecule has 2 saturated carbocycles. The maximum absolute atomic E-state index is 14.4. The van der Waals surface area contributed by atoms with E-state index < -0.39 is 11.6 Å². The van der Waals surface area contributed by atoms with Crippen LogP contribution in [0.15, 0.2) is 54.6 Å². The number of rotatable bonds is 10. The monoisotopic (exact) mass is 594 g/mol. The lowest BCUT2D eigenvalue weighted by molar-refractivity contribution is -0.138. The number of halogens is 3. The summed E-state index contributed by atoms with van der Waals surface area (Å²) in [7, 11) is 0. The number of fused-ring (bicyclic) bond motifs is 1. The van der Waals surface area contributed by atoms with Crippen molar-refractivity contribution < 1.29 is 23.0 Å². The Balaban J connectivity index is 1.14. The van der Waals surface area contributed by atoms with Gasteiger partial charge < -0.3 is 19.7 Å². The number of nitrogens with zero attached hydrogens (tertiary/aromatic N) is 1. The zero-order chi connectivity index (χ0) is 29.4. The van der Waals surface area contributed by atoms with Gasteiger partial charge in [0, 0.05) is 18.5 Å². The third-order valence-corrected chi connectivity index (χ3v) is 9.72. The molecule has 1 aliphatic heterocycles. The van der Waals surface area contributed by atoms with Crippen LogP contribution < -0.4 is 14.8 Å². The Kier molecular flexibility index (Phi) is 8.42. The quantitative estimate of drug-likeness (QED) is 0.207. The fraction of sp³-hybridized carbons (Fsp3) is 0.441. The van der Waals surface area contributed by atoms with Crippen molar-refractivity contribution in [2.45, 2.75) is 51.6 Å². The molecule has 0 bridgehead atoms. The zero-order valence-electron chi connectivity index (χ0n) is 24.0. The van der Waals surface area contributed by atoms with Gasteiger partial charge in [0.2, 0.25) is 5.91 Å². The van der Waals surface area contributed by atoms with E-state index in [1.807, 2.05) is 12.1 Å². The fourth-order valence-corrected chi connectivity index (χ4v) is 7.00. The van der Waals surface area contributed by atoms with Crippen molar-refractivity contribution in [3.05, 3.63) is 93.5 Å². The molecule has 8 heteroatoms. The van der Waals surface area contributed by atoms with Gasteiger partial charge in [0.15, 0.2) is 11.6 Å². The molecule has 3 aliphatic rings. The molecule has 0 unspecified atom stereocenters. The van der Waals surface area contributed by atoms with Gasteiger partial charge in [-0.1, -0.05) is 41.9 Å². The van der Waals surface area contributed by atoms with E-state index in [2.05, 4.69) is 54.4 Å². The predicted molar refractivity (Wildman–Crippen MR) is 159 cm³/mol. The maximum atomic E-state index is 14.4. The first-order chi connectivity index (χ1) is 20.3. The van der Waals surface area contributed by atoms with E-state index in [0.29, 0.717) is 36.1 Å². The highest BCUT2D eigenvalue weighted by molar-refractivity contribution is 6.32. The Morgan fingerprint density at radius 3 is 2.48 bits per heavy atom. The molecule has 6 rings (SSSR count). The Labute approximate surface area is 251 Å². The van der Waals surface area contributed by atoms with Gasteiger partial charge in [0.1, 0.15) is 29.8 Å². The van der Waals surface area contributed by atoms with E-state index in [9.17, 15) is 13.6 Å². The minimum atomic E-state index is -0.737. The standard InChI is InChI=1S/C34H37ClF2N2O3/c1-20-4-3-5-23(21(20)2)19-39(25-8-9-25)34(40)31-27(16-24-17-38-18-28(24)31)22-6-10-26(11-7-22)41-14-15-42-33-30(37)13-12-29(36)32(33)35/h3-7,10-13,24-25,27-28,31,38H,8-9,14-19H2,1-2H3/t24-,27+,28+,31-/m1/s1. The van der Waals surface area contributed by atoms with Crippen molar-refractivity contribution in [3.8, 4) is 11.5 Å². The molecule has 0 spiro atoms. The van der Waals surface area contributed by atoms with E-state index in [1.165, 1.54) is 16.7 Å². The van der Waals surface area contributed by atoms with Gasteiger partial charge in [-0.2, -0.15) is 0 Å². The molecular formula is C34H37ClF2N2O3. The second-order valence-corrected chi connectivity index (χ2v) is 12.3. The highest BCUT2D eigenvalue weighted by atomic mass is 35.5. The van der Waals surface area contributed by atoms with Crippen molar-refractivity contribution in [2.24, 2.45) is 17.8 Å². The van der Waals surface area contributed by atoms with Crippen LogP contribution in [0.2, 0.25) is 5.02 Å². The fourth-order valence-electron chi connectivity index (χ4n) is 6.79. The van der Waals surface area contributed by atoms with Crippen molar-refractivity contribution in [1.29, 1.82) is 0 Å². The van der Waals surface area contributed by atoms with Crippen molar-refractivity contribution in [1.82, 2.24) is 10.2 Å². The molecule has 3 fully saturated rings. The van der Waals surface area contributed by atoms with Crippen LogP contribution in [0.5, 0.6) is 11.5 Å². The Morgan fingerprint density at radius 2 is 1.71 bits per heavy atom. The number of ether oxygens (including phenoxy) is 2. The van der Waals surface area contributed by atoms with Gasteiger partial charge in [-0.15, -0.1) is 0 Å². The molecule has 4 atom stereocenters. The first kappa shape index (κ1) is 28.9. The molecular weight excluding hydrogens is 558 g/mol. The van der Waals surface area contributed by atoms with E-state index in [0.717, 1.165) is 50.0 Å². The number of carbonyl (C=O) groups is 1. The topological polar surface area (TPSA) is 50.8 Å². The lowest BCUT2D eigenvalue weighted by atomic mass is 9.83. The molecule has 2 aliphatic carbocycles. The molecule has 3 aromatic carbocycles. The van der Waals surface area contributed by atoms with Crippen LogP contribution in [0.1, 0.15) is 47.4 Å². The van der Waals surface area contributed by atoms with Gasteiger partial charge >= 0.3 is 0 Å². The van der Waals surface area contributed by atoms with E-state index >= 15 is 0 Å². The molecule has 3 aromatic rings. The molecule has 222 valence electrons. The SMILES string of the molecule is Cc1cccc(CN(C(=O)[C@H]2[C@H]3CNC[C@H]3C[C@H]2c2ccc(OCCOc3c(F)ccc(F)c3Cl)cc2)C2CC2)c1C. The zero-order valence-corrected chi connectivity index (χ0v) is 24.8. The first-order valence-electron chi connectivity index (χ1n) is 14.9. The molecule has 1 saturated heterocycles. The van der Waals surface area contributed by atoms with Crippen molar-refractivity contribution in [2.75, 3.05) is 26.3 Å². The summed E-state index contributed by atoms with van der Waals surface area (Å²) < 4.78 is 38.7. The minimum absolute atomic E-state index is 0.00875. The molecule has 42 heavy (non-hydrogen) atoms. The van der Waals surface area contributed by atoms with Crippen LogP contribution in [-0.4, -0.2) is 43.2 Å². The summed E-state index contributed by atoms with van der Waals surface area (Å²) in [4.78, 5) is 16.6. The highest BCUT2D eigenvalue weighted by Gasteiger charge is 2.51. The number of hydrogen-bond acceptors (Lipinski definition) is 4. The number of nitrogens with one attached hydrogen (secondary N) is 1. The number of carbonyl (C=O) groups excluding carboxylic acids is 1. The average molecular weight is 595 g/mol. The smallest absolute Gasteiger partial charge is 0.227 e. The molecule has 1 amide bonds. The number of benzene rings is 3. The van der Waals surface area contributed by atoms with Crippen LogP contribution in [0.4, 0.5) is 8.78 Å². The van der Waals surface area contributed by atoms with Gasteiger partial charge in [0.05, 0.1) is 0 Å². The van der Waals surface area contributed by atoms with E-state index in [-0.39, 0.29) is 35.8 Å². The minimum Gasteiger partial charge on any atom is -0.490 e. The summed E-state index contributed by atoms with van der Waals surface area (Å²) in [5.74, 6) is 0.0987. The van der Waals surface area contributed by atoms with Gasteiger partial charge in [0.25, 0.3) is 0 Å². The second kappa shape index (κ2) is 12.2. The highest BCUT2D eigenvalue weighted by Crippen LogP contribution is 2.50. The van der Waals surface area contributed by atoms with E-state index in [4.69, 9.17) is 21.1 Å². The predicted octanol–water partition coefficient (Wildman–Crippen LogP) is 6.82. The van der Waals surface area contributed by atoms with Crippen LogP contribution in [-0.2, 0) is 11.3 Å². The van der Waals surface area contributed by atoms with Crippen LogP contribution in [0.3, 0.4) is 0 Å². The Bertz CT molecular complexity index is 1450. The lowest BCUT2D eigenvalue weighted by Crippen LogP contribution is -2.41. The van der Waals surface area contributed by atoms with Gasteiger partial charge in [-0.25, -0.2) is 8.78 Å². The van der Waals surface area contributed by atoms with Crippen molar-refractivity contribution >= 4 is 17.5 Å². The molecule has 1 N–H and O–H groups in total. The maximum Gasteiger partial charge on any atom is 0.227 e. The summed E-state index contributed by atoms with van der Waals surface area (Å²) in [6, 6.07) is 16.6. The van der Waals surface area contributed by atoms with Crippen LogP contribution >= 0.6 is 11.6 Å². The summed E-state index contributed by atoms with van der Waals surface area (Å²) in [6.07, 6.45) is 3.15.